The maximum Gasteiger partial charge on any atom is 0.0822 e. The third kappa shape index (κ3) is 8.48. The highest BCUT2D eigenvalue weighted by atomic mass is 33.9. The molecule has 0 bridgehead atoms. The van der Waals surface area contributed by atoms with Gasteiger partial charge in [-0.3, -0.25) is 4.18 Å². The quantitative estimate of drug-likeness (QED) is 0.609. The largest absolute Gasteiger partial charge is 0.299 e. The molecule has 0 unspecified atom stereocenters. The Morgan fingerprint density at radius 1 is 1.45 bits per heavy atom. The normalized spacial score (nSPS) is 12.4. The zero-order valence-electron chi connectivity index (χ0n) is 5.88. The fraction of sp³-hybridized carbons (Fsp3) is 1.00. The summed E-state index contributed by atoms with van der Waals surface area (Å²) >= 11 is 14.1. The summed E-state index contributed by atoms with van der Waals surface area (Å²) in [7, 11) is 4.20. The third-order valence-corrected chi connectivity index (χ3v) is 11.6. The summed E-state index contributed by atoms with van der Waals surface area (Å²) in [6, 6.07) is 0. The van der Waals surface area contributed by atoms with Crippen molar-refractivity contribution in [3.63, 3.8) is 0 Å². The van der Waals surface area contributed by atoms with Crippen LogP contribution in [0, 0.1) is 0 Å². The number of thiol groups is 1. The molecule has 0 aliphatic carbocycles. The van der Waals surface area contributed by atoms with E-state index in [1.807, 2.05) is 13.8 Å². The summed E-state index contributed by atoms with van der Waals surface area (Å²) < 4.78 is 5.35. The van der Waals surface area contributed by atoms with Crippen LogP contribution in [-0.2, 0) is 33.0 Å². The topological polar surface area (TPSA) is 9.23 Å². The van der Waals surface area contributed by atoms with E-state index in [1.54, 1.807) is 0 Å². The molecule has 11 heavy (non-hydrogen) atoms. The minimum Gasteiger partial charge on any atom is -0.299 e. The zero-order chi connectivity index (χ0) is 8.91. The third-order valence-electron chi connectivity index (χ3n) is 0.452. The minimum atomic E-state index is -1.77. The van der Waals surface area contributed by atoms with Crippen molar-refractivity contribution in [3.05, 3.63) is 0 Å². The van der Waals surface area contributed by atoms with Gasteiger partial charge in [0.05, 0.1) is 12.6 Å². The smallest absolute Gasteiger partial charge is 0.0822 e. The molecule has 0 saturated heterocycles. The van der Waals surface area contributed by atoms with Crippen molar-refractivity contribution in [1.82, 2.24) is 0 Å². The van der Waals surface area contributed by atoms with E-state index in [-0.39, 0.29) is 6.10 Å². The molecule has 0 amide bonds. The van der Waals surface area contributed by atoms with Gasteiger partial charge in [-0.15, -0.1) is 0 Å². The average Bonchev–Trinajstić information content (AvgIpc) is 1.81. The predicted octanol–water partition coefficient (Wildman–Crippen LogP) is 3.19. The first-order valence-corrected chi connectivity index (χ1v) is 11.0. The standard InChI is InChI=1S/C3H8OS7/c1-3(2)4-11(6,7)10-9-8-5/h3,5H,1-2H3. The van der Waals surface area contributed by atoms with E-state index >= 15 is 0 Å². The van der Waals surface area contributed by atoms with Crippen molar-refractivity contribution in [2.75, 3.05) is 0 Å². The van der Waals surface area contributed by atoms with Gasteiger partial charge in [-0.2, -0.15) is 0 Å². The Kier molecular flexibility index (Phi) is 7.87. The van der Waals surface area contributed by atoms with E-state index in [2.05, 4.69) is 11.7 Å². The first-order chi connectivity index (χ1) is 4.98. The van der Waals surface area contributed by atoms with Crippen LogP contribution in [0.15, 0.2) is 0 Å². The van der Waals surface area contributed by atoms with E-state index < -0.39 is 6.46 Å². The van der Waals surface area contributed by atoms with Crippen molar-refractivity contribution in [1.29, 1.82) is 0 Å². The average molecular weight is 285 g/mol. The SMILES string of the molecule is CC(C)OS(=S)(=S)SSSS. The summed E-state index contributed by atoms with van der Waals surface area (Å²) in [6.45, 7) is 2.09. The maximum atomic E-state index is 5.35. The van der Waals surface area contributed by atoms with Crippen LogP contribution >= 0.6 is 41.1 Å². The summed E-state index contributed by atoms with van der Waals surface area (Å²) in [5.74, 6) is 0. The van der Waals surface area contributed by atoms with Gasteiger partial charge in [0.2, 0.25) is 0 Å². The van der Waals surface area contributed by atoms with Gasteiger partial charge in [0.25, 0.3) is 0 Å². The lowest BCUT2D eigenvalue weighted by Gasteiger charge is -2.10. The lowest BCUT2D eigenvalue weighted by molar-refractivity contribution is 0.289. The molecular weight excluding hydrogens is 277 g/mol. The highest BCUT2D eigenvalue weighted by Gasteiger charge is 2.06. The van der Waals surface area contributed by atoms with E-state index in [0.29, 0.717) is 0 Å². The van der Waals surface area contributed by atoms with Gasteiger partial charge in [0, 0.05) is 19.7 Å². The van der Waals surface area contributed by atoms with Gasteiger partial charge < -0.3 is 0 Å². The van der Waals surface area contributed by atoms with Gasteiger partial charge >= 0.3 is 0 Å². The Labute approximate surface area is 93.2 Å². The first-order valence-electron chi connectivity index (χ1n) is 2.57. The van der Waals surface area contributed by atoms with E-state index in [9.17, 15) is 0 Å². The highest BCUT2D eigenvalue weighted by Crippen LogP contribution is 2.41. The Balaban J connectivity index is 3.82. The van der Waals surface area contributed by atoms with Crippen molar-refractivity contribution in [2.24, 2.45) is 0 Å². The van der Waals surface area contributed by atoms with Crippen molar-refractivity contribution in [3.8, 4) is 0 Å². The first kappa shape index (κ1) is 13.2. The maximum absolute atomic E-state index is 5.35. The molecule has 0 aromatic carbocycles. The van der Waals surface area contributed by atoms with Gasteiger partial charge in [-0.05, 0) is 46.0 Å². The summed E-state index contributed by atoms with van der Waals surface area (Å²) in [5, 5.41) is 0. The van der Waals surface area contributed by atoms with Crippen LogP contribution in [0.4, 0.5) is 0 Å². The molecule has 0 heterocycles. The molecule has 8 heteroatoms. The number of hydrogen-bond donors (Lipinski definition) is 1. The monoisotopic (exact) mass is 284 g/mol. The molecule has 0 atom stereocenters. The van der Waals surface area contributed by atoms with Gasteiger partial charge in [-0.1, -0.05) is 11.7 Å². The predicted molar refractivity (Wildman–Crippen MR) is 70.1 cm³/mol. The Morgan fingerprint density at radius 3 is 2.36 bits per heavy atom. The molecule has 0 aromatic rings. The molecule has 0 radical (unpaired) electrons. The van der Waals surface area contributed by atoms with Crippen LogP contribution < -0.4 is 0 Å². The van der Waals surface area contributed by atoms with Gasteiger partial charge in [0.1, 0.15) is 0 Å². The zero-order valence-corrected chi connectivity index (χ0v) is 11.7. The highest BCUT2D eigenvalue weighted by molar-refractivity contribution is 9.37. The van der Waals surface area contributed by atoms with Crippen LogP contribution in [0.25, 0.3) is 0 Å². The van der Waals surface area contributed by atoms with Crippen LogP contribution in [0.1, 0.15) is 13.8 Å². The van der Waals surface area contributed by atoms with Crippen LogP contribution in [0.5, 0.6) is 0 Å². The fourth-order valence-electron chi connectivity index (χ4n) is 0.298. The second kappa shape index (κ2) is 6.58. The molecule has 0 aliphatic rings. The Hall–Kier alpha value is 2.15. The molecule has 0 N–H and O–H groups in total. The molecular formula is C3H8OS7. The van der Waals surface area contributed by atoms with Crippen molar-refractivity contribution < 1.29 is 4.18 Å². The molecule has 1 nitrogen and oxygen atoms in total. The van der Waals surface area contributed by atoms with E-state index in [4.69, 9.17) is 26.6 Å². The van der Waals surface area contributed by atoms with Crippen molar-refractivity contribution >= 4 is 70.0 Å². The number of hydrogen-bond acceptors (Lipinski definition) is 7. The Bertz CT molecular complexity index is 182. The molecule has 0 fully saturated rings. The summed E-state index contributed by atoms with van der Waals surface area (Å²) in [5.41, 5.74) is 0. The molecule has 0 rings (SSSR count). The summed E-state index contributed by atoms with van der Waals surface area (Å²) in [4.78, 5) is 0. The molecule has 0 saturated carbocycles. The van der Waals surface area contributed by atoms with Crippen molar-refractivity contribution in [2.45, 2.75) is 20.0 Å². The molecule has 0 aromatic heterocycles. The van der Waals surface area contributed by atoms with E-state index in [1.165, 1.54) is 29.5 Å². The lowest BCUT2D eigenvalue weighted by Crippen LogP contribution is -2.04. The second-order valence-corrected chi connectivity index (χ2v) is 14.4. The molecule has 0 aliphatic heterocycles. The van der Waals surface area contributed by atoms with Crippen LogP contribution in [0.3, 0.4) is 0 Å². The van der Waals surface area contributed by atoms with E-state index in [0.717, 1.165) is 0 Å². The number of rotatable bonds is 5. The van der Waals surface area contributed by atoms with Crippen LogP contribution in [0.2, 0.25) is 0 Å². The van der Waals surface area contributed by atoms with Crippen LogP contribution in [-0.4, -0.2) is 6.10 Å². The van der Waals surface area contributed by atoms with Gasteiger partial charge in [0.15, 0.2) is 0 Å². The minimum absolute atomic E-state index is 0.109. The lowest BCUT2D eigenvalue weighted by atomic mass is 10.5. The van der Waals surface area contributed by atoms with Gasteiger partial charge in [-0.25, -0.2) is 0 Å². The second-order valence-electron chi connectivity index (χ2n) is 1.76. The molecule has 68 valence electrons. The fourth-order valence-corrected chi connectivity index (χ4v) is 12.0. The Morgan fingerprint density at radius 2 is 2.00 bits per heavy atom. The summed E-state index contributed by atoms with van der Waals surface area (Å²) in [6.07, 6.45) is 0.109. The molecule has 0 spiro atoms.